The van der Waals surface area contributed by atoms with E-state index in [-0.39, 0.29) is 23.5 Å². The molecule has 1 aromatic carbocycles. The Morgan fingerprint density at radius 2 is 1.84 bits per heavy atom. The van der Waals surface area contributed by atoms with Crippen molar-refractivity contribution in [2.45, 2.75) is 71.0 Å². The van der Waals surface area contributed by atoms with Crippen LogP contribution in [0, 0.1) is 0 Å². The Hall–Kier alpha value is -2.17. The molecule has 0 aliphatic heterocycles. The van der Waals surface area contributed by atoms with Crippen LogP contribution in [0.25, 0.3) is 0 Å². The molecule has 0 spiro atoms. The summed E-state index contributed by atoms with van der Waals surface area (Å²) in [6, 6.07) is 10.5. The quantitative estimate of drug-likeness (QED) is 0.839. The number of amides is 1. The topological polar surface area (TPSA) is 51.0 Å². The SMILES string of the molecule is CC(c1ccccc1)N(C(=O)c1cn(C(C)(C)C)nn1)C1CCCC1. The number of hydrogen-bond acceptors (Lipinski definition) is 3. The van der Waals surface area contributed by atoms with Gasteiger partial charge in [0.2, 0.25) is 0 Å². The summed E-state index contributed by atoms with van der Waals surface area (Å²) in [7, 11) is 0. The van der Waals surface area contributed by atoms with Gasteiger partial charge >= 0.3 is 0 Å². The maximum absolute atomic E-state index is 13.3. The van der Waals surface area contributed by atoms with Crippen molar-refractivity contribution in [1.82, 2.24) is 19.9 Å². The van der Waals surface area contributed by atoms with E-state index >= 15 is 0 Å². The Bertz CT molecular complexity index is 711. The first-order valence-electron chi connectivity index (χ1n) is 9.18. The highest BCUT2D eigenvalue weighted by molar-refractivity contribution is 5.92. The zero-order valence-corrected chi connectivity index (χ0v) is 15.6. The van der Waals surface area contributed by atoms with Crippen LogP contribution < -0.4 is 0 Å². The average molecular weight is 340 g/mol. The Morgan fingerprint density at radius 1 is 1.20 bits per heavy atom. The van der Waals surface area contributed by atoms with Crippen molar-refractivity contribution >= 4 is 5.91 Å². The maximum Gasteiger partial charge on any atom is 0.276 e. The summed E-state index contributed by atoms with van der Waals surface area (Å²) >= 11 is 0. The van der Waals surface area contributed by atoms with Gasteiger partial charge in [-0.25, -0.2) is 4.68 Å². The lowest BCUT2D eigenvalue weighted by atomic mass is 10.0. The molecule has 25 heavy (non-hydrogen) atoms. The van der Waals surface area contributed by atoms with Crippen LogP contribution in [0.1, 0.15) is 75.5 Å². The van der Waals surface area contributed by atoms with Gasteiger partial charge in [-0.05, 0) is 46.1 Å². The van der Waals surface area contributed by atoms with Crippen molar-refractivity contribution in [1.29, 1.82) is 0 Å². The molecule has 0 radical (unpaired) electrons. The lowest BCUT2D eigenvalue weighted by Crippen LogP contribution is -2.41. The number of nitrogens with zero attached hydrogens (tertiary/aromatic N) is 4. The third kappa shape index (κ3) is 3.75. The first-order valence-corrected chi connectivity index (χ1v) is 9.18. The fraction of sp³-hybridized carbons (Fsp3) is 0.550. The molecule has 1 heterocycles. The lowest BCUT2D eigenvalue weighted by Gasteiger charge is -2.34. The molecule has 1 aliphatic rings. The number of rotatable bonds is 4. The Morgan fingerprint density at radius 3 is 2.40 bits per heavy atom. The first-order chi connectivity index (χ1) is 11.9. The van der Waals surface area contributed by atoms with E-state index in [2.05, 4.69) is 50.1 Å². The molecule has 5 heteroatoms. The van der Waals surface area contributed by atoms with Crippen molar-refractivity contribution in [2.75, 3.05) is 0 Å². The van der Waals surface area contributed by atoms with E-state index in [0.29, 0.717) is 5.69 Å². The molecule has 0 bridgehead atoms. The van der Waals surface area contributed by atoms with Crippen LogP contribution >= 0.6 is 0 Å². The van der Waals surface area contributed by atoms with Gasteiger partial charge in [0, 0.05) is 6.04 Å². The Balaban J connectivity index is 1.91. The van der Waals surface area contributed by atoms with Crippen LogP contribution in [0.4, 0.5) is 0 Å². The minimum absolute atomic E-state index is 0.0150. The van der Waals surface area contributed by atoms with E-state index < -0.39 is 0 Å². The summed E-state index contributed by atoms with van der Waals surface area (Å²) < 4.78 is 1.76. The van der Waals surface area contributed by atoms with Crippen LogP contribution in [0.15, 0.2) is 36.5 Å². The highest BCUT2D eigenvalue weighted by atomic mass is 16.2. The third-order valence-corrected chi connectivity index (χ3v) is 5.05. The molecule has 1 amide bonds. The fourth-order valence-electron chi connectivity index (χ4n) is 3.55. The Labute approximate surface area is 150 Å². The number of hydrogen-bond donors (Lipinski definition) is 0. The molecule has 5 nitrogen and oxygen atoms in total. The average Bonchev–Trinajstić information content (AvgIpc) is 3.27. The van der Waals surface area contributed by atoms with Crippen LogP contribution in [-0.2, 0) is 5.54 Å². The normalized spacial score (nSPS) is 16.8. The summed E-state index contributed by atoms with van der Waals surface area (Å²) in [6.07, 6.45) is 6.28. The number of carbonyl (C=O) groups excluding carboxylic acids is 1. The molecule has 1 saturated carbocycles. The molecular weight excluding hydrogens is 312 g/mol. The number of carbonyl (C=O) groups is 1. The van der Waals surface area contributed by atoms with Gasteiger partial charge in [0.15, 0.2) is 5.69 Å². The molecule has 1 fully saturated rings. The second-order valence-electron chi connectivity index (χ2n) is 7.96. The molecule has 134 valence electrons. The summed E-state index contributed by atoms with van der Waals surface area (Å²) in [5.74, 6) is -0.0150. The van der Waals surface area contributed by atoms with E-state index in [1.807, 2.05) is 23.1 Å². The van der Waals surface area contributed by atoms with Gasteiger partial charge in [-0.15, -0.1) is 5.10 Å². The van der Waals surface area contributed by atoms with Gasteiger partial charge < -0.3 is 4.90 Å². The van der Waals surface area contributed by atoms with E-state index in [1.165, 1.54) is 12.8 Å². The number of benzene rings is 1. The van der Waals surface area contributed by atoms with E-state index in [9.17, 15) is 4.79 Å². The first kappa shape index (κ1) is 17.6. The van der Waals surface area contributed by atoms with Crippen molar-refractivity contribution in [3.05, 3.63) is 47.8 Å². The van der Waals surface area contributed by atoms with Crippen molar-refractivity contribution in [3.8, 4) is 0 Å². The van der Waals surface area contributed by atoms with Crippen molar-refractivity contribution < 1.29 is 4.79 Å². The minimum atomic E-state index is -0.186. The zero-order chi connectivity index (χ0) is 18.0. The summed E-state index contributed by atoms with van der Waals surface area (Å²) in [5.41, 5.74) is 1.41. The largest absolute Gasteiger partial charge is 0.327 e. The van der Waals surface area contributed by atoms with Crippen LogP contribution in [0.5, 0.6) is 0 Å². The Kier molecular flexibility index (Phi) is 4.93. The molecule has 1 atom stereocenters. The molecule has 0 N–H and O–H groups in total. The second kappa shape index (κ2) is 6.98. The summed E-state index contributed by atoms with van der Waals surface area (Å²) in [5, 5.41) is 8.34. The fourth-order valence-corrected chi connectivity index (χ4v) is 3.55. The molecule has 0 saturated heterocycles. The molecule has 1 aromatic heterocycles. The van der Waals surface area contributed by atoms with Crippen LogP contribution in [-0.4, -0.2) is 31.8 Å². The van der Waals surface area contributed by atoms with Gasteiger partial charge in [0.25, 0.3) is 5.91 Å². The van der Waals surface area contributed by atoms with Crippen LogP contribution in [0.2, 0.25) is 0 Å². The predicted octanol–water partition coefficient (Wildman–Crippen LogP) is 4.18. The minimum Gasteiger partial charge on any atom is -0.327 e. The van der Waals surface area contributed by atoms with Crippen LogP contribution in [0.3, 0.4) is 0 Å². The van der Waals surface area contributed by atoms with Crippen molar-refractivity contribution in [2.24, 2.45) is 0 Å². The summed E-state index contributed by atoms with van der Waals surface area (Å²) in [4.78, 5) is 15.3. The van der Waals surface area contributed by atoms with E-state index in [4.69, 9.17) is 0 Å². The smallest absolute Gasteiger partial charge is 0.276 e. The molecule has 1 unspecified atom stereocenters. The number of aromatic nitrogens is 3. The third-order valence-electron chi connectivity index (χ3n) is 5.05. The van der Waals surface area contributed by atoms with Gasteiger partial charge in [0.1, 0.15) is 0 Å². The van der Waals surface area contributed by atoms with E-state index in [0.717, 1.165) is 18.4 Å². The maximum atomic E-state index is 13.3. The predicted molar refractivity (Wildman–Crippen MR) is 98.3 cm³/mol. The van der Waals surface area contributed by atoms with Gasteiger partial charge in [0.05, 0.1) is 17.8 Å². The second-order valence-corrected chi connectivity index (χ2v) is 7.96. The molecule has 1 aliphatic carbocycles. The van der Waals surface area contributed by atoms with E-state index in [1.54, 1.807) is 10.9 Å². The standard InChI is InChI=1S/C20H28N4O/c1-15(16-10-6-5-7-11-16)24(17-12-8-9-13-17)19(25)18-14-23(22-21-18)20(2,3)4/h5-7,10-11,14-15,17H,8-9,12-13H2,1-4H3. The highest BCUT2D eigenvalue weighted by Crippen LogP contribution is 2.32. The highest BCUT2D eigenvalue weighted by Gasteiger charge is 2.33. The van der Waals surface area contributed by atoms with Gasteiger partial charge in [-0.1, -0.05) is 48.4 Å². The molecular formula is C20H28N4O. The molecule has 2 aromatic rings. The van der Waals surface area contributed by atoms with Crippen molar-refractivity contribution in [3.63, 3.8) is 0 Å². The van der Waals surface area contributed by atoms with Gasteiger partial charge in [-0.2, -0.15) is 0 Å². The van der Waals surface area contributed by atoms with Gasteiger partial charge in [-0.3, -0.25) is 4.79 Å². The zero-order valence-electron chi connectivity index (χ0n) is 15.6. The lowest BCUT2D eigenvalue weighted by molar-refractivity contribution is 0.0586. The summed E-state index contributed by atoms with van der Waals surface area (Å²) in [6.45, 7) is 8.27. The monoisotopic (exact) mass is 340 g/mol. The molecule has 3 rings (SSSR count).